The Balaban J connectivity index is 2.08. The number of aliphatic hydroxyl groups is 3. The number of fused-ring (bicyclic) bond motifs is 1. The highest BCUT2D eigenvalue weighted by Crippen LogP contribution is 2.28. The number of hydrogen-bond donors (Lipinski definition) is 3. The average molecular weight is 291 g/mol. The van der Waals surface area contributed by atoms with Crippen molar-refractivity contribution in [1.29, 1.82) is 0 Å². The molecule has 1 aromatic carbocycles. The standard InChI is InChI=1S/C15H17NO5/c1-8-2-3-10-9(6-8)4-5-16(14(10)20)15-13(19)12(18)11(7-17)21-15/h2-6,11-13,15,17-19H,7H2,1H3/t11-,12-,13-,15-/m1/s1. The van der Waals surface area contributed by atoms with Crippen LogP contribution < -0.4 is 5.56 Å². The summed E-state index contributed by atoms with van der Waals surface area (Å²) in [7, 11) is 0. The molecule has 2 heterocycles. The van der Waals surface area contributed by atoms with Crippen LogP contribution in [-0.4, -0.2) is 44.8 Å². The summed E-state index contributed by atoms with van der Waals surface area (Å²) in [6.45, 7) is 1.52. The molecule has 2 aromatic rings. The zero-order valence-electron chi connectivity index (χ0n) is 11.5. The first kappa shape index (κ1) is 14.2. The van der Waals surface area contributed by atoms with E-state index in [1.54, 1.807) is 12.1 Å². The van der Waals surface area contributed by atoms with E-state index < -0.39 is 31.1 Å². The molecule has 1 aromatic heterocycles. The molecule has 0 bridgehead atoms. The Morgan fingerprint density at radius 2 is 2.00 bits per heavy atom. The van der Waals surface area contributed by atoms with Crippen LogP contribution in [0.25, 0.3) is 10.8 Å². The molecule has 3 rings (SSSR count). The van der Waals surface area contributed by atoms with E-state index in [0.717, 1.165) is 10.9 Å². The summed E-state index contributed by atoms with van der Waals surface area (Å²) in [5.74, 6) is 0. The van der Waals surface area contributed by atoms with Crippen molar-refractivity contribution in [2.24, 2.45) is 0 Å². The fourth-order valence-corrected chi connectivity index (χ4v) is 2.69. The van der Waals surface area contributed by atoms with Crippen LogP contribution in [0.3, 0.4) is 0 Å². The van der Waals surface area contributed by atoms with Gasteiger partial charge in [-0.25, -0.2) is 0 Å². The van der Waals surface area contributed by atoms with Gasteiger partial charge in [-0.3, -0.25) is 9.36 Å². The Labute approximate surface area is 120 Å². The van der Waals surface area contributed by atoms with E-state index >= 15 is 0 Å². The highest BCUT2D eigenvalue weighted by molar-refractivity contribution is 5.82. The minimum absolute atomic E-state index is 0.303. The lowest BCUT2D eigenvalue weighted by Gasteiger charge is -2.18. The minimum atomic E-state index is -1.26. The van der Waals surface area contributed by atoms with Crippen molar-refractivity contribution < 1.29 is 20.1 Å². The summed E-state index contributed by atoms with van der Waals surface area (Å²) in [6.07, 6.45) is -2.85. The Hall–Kier alpha value is -1.73. The average Bonchev–Trinajstić information content (AvgIpc) is 2.75. The fourth-order valence-electron chi connectivity index (χ4n) is 2.69. The van der Waals surface area contributed by atoms with Crippen LogP contribution in [0.2, 0.25) is 0 Å². The van der Waals surface area contributed by atoms with Crippen LogP contribution >= 0.6 is 0 Å². The Morgan fingerprint density at radius 1 is 1.24 bits per heavy atom. The summed E-state index contributed by atoms with van der Waals surface area (Å²) >= 11 is 0. The van der Waals surface area contributed by atoms with Gasteiger partial charge >= 0.3 is 0 Å². The lowest BCUT2D eigenvalue weighted by molar-refractivity contribution is -0.0541. The van der Waals surface area contributed by atoms with Gasteiger partial charge in [0, 0.05) is 11.6 Å². The number of ether oxygens (including phenoxy) is 1. The van der Waals surface area contributed by atoms with Gasteiger partial charge in [0.2, 0.25) is 0 Å². The molecule has 3 N–H and O–H groups in total. The first-order valence-electron chi connectivity index (χ1n) is 6.77. The van der Waals surface area contributed by atoms with Gasteiger partial charge in [-0.15, -0.1) is 0 Å². The van der Waals surface area contributed by atoms with Crippen LogP contribution in [0.1, 0.15) is 11.8 Å². The van der Waals surface area contributed by atoms with Gasteiger partial charge < -0.3 is 20.1 Å². The second-order valence-electron chi connectivity index (χ2n) is 5.35. The Morgan fingerprint density at radius 3 is 2.67 bits per heavy atom. The van der Waals surface area contributed by atoms with Gasteiger partial charge in [0.1, 0.15) is 18.3 Å². The molecule has 21 heavy (non-hydrogen) atoms. The molecule has 0 saturated carbocycles. The van der Waals surface area contributed by atoms with Gasteiger partial charge in [0.25, 0.3) is 5.56 Å². The zero-order valence-corrected chi connectivity index (χ0v) is 11.5. The molecule has 4 atom stereocenters. The summed E-state index contributed by atoms with van der Waals surface area (Å²) < 4.78 is 6.64. The smallest absolute Gasteiger partial charge is 0.260 e. The fraction of sp³-hybridized carbons (Fsp3) is 0.400. The number of benzene rings is 1. The lowest BCUT2D eigenvalue weighted by Crippen LogP contribution is -2.35. The van der Waals surface area contributed by atoms with Crippen LogP contribution in [0, 0.1) is 6.92 Å². The number of pyridine rings is 1. The molecule has 0 radical (unpaired) electrons. The lowest BCUT2D eigenvalue weighted by atomic mass is 10.1. The molecule has 0 amide bonds. The molecular weight excluding hydrogens is 274 g/mol. The number of aryl methyl sites for hydroxylation is 1. The van der Waals surface area contributed by atoms with E-state index in [4.69, 9.17) is 9.84 Å². The molecule has 1 aliphatic heterocycles. The molecule has 1 fully saturated rings. The first-order chi connectivity index (χ1) is 10.0. The van der Waals surface area contributed by atoms with E-state index in [9.17, 15) is 15.0 Å². The van der Waals surface area contributed by atoms with Crippen molar-refractivity contribution in [3.63, 3.8) is 0 Å². The number of aromatic nitrogens is 1. The van der Waals surface area contributed by atoms with Crippen LogP contribution in [0.5, 0.6) is 0 Å². The predicted octanol–water partition coefficient (Wildman–Crippen LogP) is -0.0786. The van der Waals surface area contributed by atoms with Crippen molar-refractivity contribution in [3.8, 4) is 0 Å². The molecule has 1 saturated heterocycles. The number of aliphatic hydroxyl groups excluding tert-OH is 3. The molecular formula is C15H17NO5. The largest absolute Gasteiger partial charge is 0.394 e. The van der Waals surface area contributed by atoms with Crippen molar-refractivity contribution in [1.82, 2.24) is 4.57 Å². The molecule has 112 valence electrons. The van der Waals surface area contributed by atoms with Crippen LogP contribution in [-0.2, 0) is 4.74 Å². The number of rotatable bonds is 2. The quantitative estimate of drug-likeness (QED) is 0.720. The molecule has 0 spiro atoms. The first-order valence-corrected chi connectivity index (χ1v) is 6.77. The van der Waals surface area contributed by atoms with Crippen molar-refractivity contribution in [2.45, 2.75) is 31.5 Å². The molecule has 0 unspecified atom stereocenters. The van der Waals surface area contributed by atoms with Crippen molar-refractivity contribution in [3.05, 3.63) is 46.4 Å². The third kappa shape index (κ3) is 2.26. The normalized spacial score (nSPS) is 29.1. The highest BCUT2D eigenvalue weighted by Gasteiger charge is 2.43. The molecule has 0 aliphatic carbocycles. The third-order valence-electron chi connectivity index (χ3n) is 3.88. The summed E-state index contributed by atoms with van der Waals surface area (Å²) in [5.41, 5.74) is 0.745. The maximum Gasteiger partial charge on any atom is 0.260 e. The summed E-state index contributed by atoms with van der Waals surface area (Å²) in [5, 5.41) is 30.2. The minimum Gasteiger partial charge on any atom is -0.394 e. The van der Waals surface area contributed by atoms with Gasteiger partial charge in [0.05, 0.1) is 6.61 Å². The third-order valence-corrected chi connectivity index (χ3v) is 3.88. The monoisotopic (exact) mass is 291 g/mol. The SMILES string of the molecule is Cc1ccc2c(=O)n([C@@H]3O[C@H](CO)[C@@H](O)[C@H]3O)ccc2c1. The Bertz CT molecular complexity index is 726. The van der Waals surface area contributed by atoms with Gasteiger partial charge in [0.15, 0.2) is 6.23 Å². The topological polar surface area (TPSA) is 91.9 Å². The van der Waals surface area contributed by atoms with Crippen molar-refractivity contribution >= 4 is 10.8 Å². The molecule has 1 aliphatic rings. The number of nitrogens with zero attached hydrogens (tertiary/aromatic N) is 1. The van der Waals surface area contributed by atoms with Crippen LogP contribution in [0.15, 0.2) is 35.3 Å². The maximum atomic E-state index is 12.5. The van der Waals surface area contributed by atoms with Crippen LogP contribution in [0.4, 0.5) is 0 Å². The highest BCUT2D eigenvalue weighted by atomic mass is 16.6. The Kier molecular flexibility index (Phi) is 3.54. The molecule has 6 heteroatoms. The predicted molar refractivity (Wildman–Crippen MR) is 76.0 cm³/mol. The second-order valence-corrected chi connectivity index (χ2v) is 5.35. The summed E-state index contributed by atoms with van der Waals surface area (Å²) in [4.78, 5) is 12.5. The maximum absolute atomic E-state index is 12.5. The zero-order chi connectivity index (χ0) is 15.1. The van der Waals surface area contributed by atoms with Gasteiger partial charge in [-0.1, -0.05) is 17.7 Å². The van der Waals surface area contributed by atoms with E-state index in [1.165, 1.54) is 10.8 Å². The summed E-state index contributed by atoms with van der Waals surface area (Å²) in [6, 6.07) is 7.23. The second kappa shape index (κ2) is 5.23. The van der Waals surface area contributed by atoms with Crippen molar-refractivity contribution in [2.75, 3.05) is 6.61 Å². The van der Waals surface area contributed by atoms with E-state index in [-0.39, 0.29) is 5.56 Å². The van der Waals surface area contributed by atoms with E-state index in [1.807, 2.05) is 19.1 Å². The number of hydrogen-bond acceptors (Lipinski definition) is 5. The van der Waals surface area contributed by atoms with Gasteiger partial charge in [-0.05, 0) is 24.4 Å². The van der Waals surface area contributed by atoms with E-state index in [2.05, 4.69) is 0 Å². The van der Waals surface area contributed by atoms with E-state index in [0.29, 0.717) is 5.39 Å². The van der Waals surface area contributed by atoms with Gasteiger partial charge in [-0.2, -0.15) is 0 Å². The molecule has 6 nitrogen and oxygen atoms in total.